The van der Waals surface area contributed by atoms with Gasteiger partial charge in [-0.15, -0.1) is 0 Å². The van der Waals surface area contributed by atoms with Crippen LogP contribution in [0.5, 0.6) is 0 Å². The van der Waals surface area contributed by atoms with Crippen LogP contribution < -0.4 is 5.32 Å². The van der Waals surface area contributed by atoms with E-state index in [1.807, 2.05) is 45.0 Å². The fourth-order valence-corrected chi connectivity index (χ4v) is 6.48. The van der Waals surface area contributed by atoms with Crippen LogP contribution in [0.15, 0.2) is 41.3 Å². The van der Waals surface area contributed by atoms with Crippen molar-refractivity contribution in [2.45, 2.75) is 53.1 Å². The summed E-state index contributed by atoms with van der Waals surface area (Å²) in [6.07, 6.45) is 7.04. The van der Waals surface area contributed by atoms with Crippen molar-refractivity contribution in [1.82, 2.24) is 29.6 Å². The van der Waals surface area contributed by atoms with E-state index in [-0.39, 0.29) is 30.1 Å². The summed E-state index contributed by atoms with van der Waals surface area (Å²) in [6, 6.07) is 6.95. The van der Waals surface area contributed by atoms with E-state index < -0.39 is 6.04 Å². The Hall–Kier alpha value is -3.64. The minimum absolute atomic E-state index is 0.0925. The maximum absolute atomic E-state index is 13.9. The van der Waals surface area contributed by atoms with E-state index in [0.29, 0.717) is 45.8 Å². The quantitative estimate of drug-likeness (QED) is 0.187. The number of pyridine rings is 1. The van der Waals surface area contributed by atoms with Gasteiger partial charge >= 0.3 is 0 Å². The molecule has 2 unspecified atom stereocenters. The summed E-state index contributed by atoms with van der Waals surface area (Å²) in [6.45, 7) is 7.50. The number of aromatic nitrogens is 5. The molecule has 0 bridgehead atoms. The summed E-state index contributed by atoms with van der Waals surface area (Å²) in [7, 11) is 0. The highest BCUT2D eigenvalue weighted by Gasteiger charge is 2.40. The van der Waals surface area contributed by atoms with Gasteiger partial charge in [-0.25, -0.2) is 15.0 Å². The predicted molar refractivity (Wildman–Crippen MR) is 172 cm³/mol. The molecule has 1 fully saturated rings. The molecule has 0 saturated carbocycles. The molecule has 0 radical (unpaired) electrons. The summed E-state index contributed by atoms with van der Waals surface area (Å²) in [5.41, 5.74) is 4.40. The zero-order chi connectivity index (χ0) is 30.8. The van der Waals surface area contributed by atoms with Crippen molar-refractivity contribution in [2.24, 2.45) is 5.92 Å². The minimum Gasteiger partial charge on any atom is -0.329 e. The smallest absolute Gasteiger partial charge is 0.248 e. The van der Waals surface area contributed by atoms with Crippen molar-refractivity contribution >= 4 is 62.0 Å². The van der Waals surface area contributed by atoms with Gasteiger partial charge in [-0.3, -0.25) is 19.1 Å². The number of nitrogens with zero attached hydrogens (tertiary/aromatic N) is 6. The van der Waals surface area contributed by atoms with Gasteiger partial charge in [-0.05, 0) is 102 Å². The van der Waals surface area contributed by atoms with E-state index in [1.54, 1.807) is 33.7 Å². The largest absolute Gasteiger partial charge is 0.329 e. The summed E-state index contributed by atoms with van der Waals surface area (Å²) < 4.78 is 2.22. The Kier molecular flexibility index (Phi) is 9.26. The van der Waals surface area contributed by atoms with Crippen LogP contribution in [0, 0.1) is 26.7 Å². The molecule has 0 spiro atoms. The number of amides is 2. The van der Waals surface area contributed by atoms with Gasteiger partial charge in [-0.1, -0.05) is 6.07 Å². The molecule has 4 aromatic rings. The van der Waals surface area contributed by atoms with Crippen molar-refractivity contribution in [3.8, 4) is 11.1 Å². The van der Waals surface area contributed by atoms with Crippen LogP contribution in [-0.4, -0.2) is 71.8 Å². The first-order chi connectivity index (χ1) is 20.5. The number of ketones is 1. The van der Waals surface area contributed by atoms with Crippen LogP contribution in [0.1, 0.15) is 47.2 Å². The lowest BCUT2D eigenvalue weighted by molar-refractivity contribution is -0.137. The lowest BCUT2D eigenvalue weighted by Crippen LogP contribution is -2.44. The topological polar surface area (TPSA) is 123 Å². The first kappa shape index (κ1) is 30.8. The number of benzene rings is 1. The number of hydrogen-bond acceptors (Lipinski definition) is 8. The lowest BCUT2D eigenvalue weighted by Gasteiger charge is -2.24. The number of carbonyl (C=O) groups excluding carboxylic acids is 3. The van der Waals surface area contributed by atoms with Crippen LogP contribution in [0.4, 0.5) is 5.82 Å². The molecule has 4 heterocycles. The first-order valence-corrected chi connectivity index (χ1v) is 16.3. The molecule has 10 nitrogen and oxygen atoms in total. The molecule has 0 aliphatic carbocycles. The van der Waals surface area contributed by atoms with E-state index in [4.69, 9.17) is 0 Å². The molecule has 1 aliphatic heterocycles. The highest BCUT2D eigenvalue weighted by molar-refractivity contribution is 9.10. The number of nitrogens with one attached hydrogen (secondary N) is 1. The van der Waals surface area contributed by atoms with Gasteiger partial charge in [0.1, 0.15) is 34.5 Å². The second kappa shape index (κ2) is 12.9. The molecule has 1 saturated heterocycles. The van der Waals surface area contributed by atoms with Crippen molar-refractivity contribution in [3.63, 3.8) is 0 Å². The molecule has 2 amide bonds. The average Bonchev–Trinajstić information content (AvgIpc) is 3.57. The Bertz CT molecular complexity index is 1710. The summed E-state index contributed by atoms with van der Waals surface area (Å²) in [5.74, 6) is 1.61. The van der Waals surface area contributed by atoms with Gasteiger partial charge in [0, 0.05) is 36.8 Å². The zero-order valence-electron chi connectivity index (χ0n) is 24.8. The van der Waals surface area contributed by atoms with E-state index in [0.717, 1.165) is 34.4 Å². The predicted octanol–water partition coefficient (Wildman–Crippen LogP) is 5.39. The number of halogens is 1. The average molecular weight is 665 g/mol. The monoisotopic (exact) mass is 663 g/mol. The summed E-state index contributed by atoms with van der Waals surface area (Å²) >= 11 is 5.12. The number of carbonyl (C=O) groups is 3. The molecule has 43 heavy (non-hydrogen) atoms. The van der Waals surface area contributed by atoms with Crippen LogP contribution in [0.2, 0.25) is 0 Å². The van der Waals surface area contributed by atoms with Gasteiger partial charge in [0.25, 0.3) is 0 Å². The Balaban J connectivity index is 1.46. The lowest BCUT2D eigenvalue weighted by atomic mass is 10.0. The molecule has 1 N–H and O–H groups in total. The number of rotatable bonds is 9. The molecule has 1 aromatic carbocycles. The SMILES string of the molecule is CSCCC1CC(C(=O)Nc2nc(Br)ccc2C)N(C(=O)Cn2nc(C(C)=O)c3cc(-c4cnc(C)nc4)cc(C)c32)C1. The zero-order valence-corrected chi connectivity index (χ0v) is 27.3. The van der Waals surface area contributed by atoms with E-state index in [1.165, 1.54) is 6.92 Å². The maximum Gasteiger partial charge on any atom is 0.248 e. The normalized spacial score (nSPS) is 16.6. The van der Waals surface area contributed by atoms with Gasteiger partial charge in [0.05, 0.1) is 5.52 Å². The molecule has 12 heteroatoms. The van der Waals surface area contributed by atoms with E-state index in [9.17, 15) is 14.4 Å². The number of hydrogen-bond donors (Lipinski definition) is 1. The molecular formula is C31H34BrN7O3S. The number of likely N-dealkylation sites (tertiary alicyclic amines) is 1. The highest BCUT2D eigenvalue weighted by atomic mass is 79.9. The van der Waals surface area contributed by atoms with E-state index >= 15 is 0 Å². The van der Waals surface area contributed by atoms with Gasteiger partial charge in [-0.2, -0.15) is 16.9 Å². The Morgan fingerprint density at radius 3 is 2.51 bits per heavy atom. The Morgan fingerprint density at radius 2 is 1.81 bits per heavy atom. The van der Waals surface area contributed by atoms with Crippen molar-refractivity contribution in [3.05, 3.63) is 63.9 Å². The van der Waals surface area contributed by atoms with E-state index in [2.05, 4.69) is 47.6 Å². The molecule has 3 aromatic heterocycles. The first-order valence-electron chi connectivity index (χ1n) is 14.1. The third kappa shape index (κ3) is 6.65. The van der Waals surface area contributed by atoms with Gasteiger partial charge in [0.2, 0.25) is 11.8 Å². The Morgan fingerprint density at radius 1 is 1.07 bits per heavy atom. The standard InChI is InChI=1S/C31H34BrN7O3S/c1-17-6-7-26(32)35-30(17)36-31(42)25-11-21(8-9-43-5)15-38(25)27(41)16-39-29-18(2)10-22(23-13-33-20(4)34-14-23)12-24(29)28(37-39)19(3)40/h6-7,10,12-14,21,25H,8-9,11,15-16H2,1-5H3,(H,35,36,42). The summed E-state index contributed by atoms with van der Waals surface area (Å²) in [5, 5.41) is 8.22. The minimum atomic E-state index is -0.636. The van der Waals surface area contributed by atoms with Crippen LogP contribution >= 0.6 is 27.7 Å². The Labute approximate surface area is 263 Å². The van der Waals surface area contributed by atoms with Crippen molar-refractivity contribution in [1.29, 1.82) is 0 Å². The number of anilines is 1. The van der Waals surface area contributed by atoms with Gasteiger partial charge in [0.15, 0.2) is 5.78 Å². The molecule has 2 atom stereocenters. The molecule has 1 aliphatic rings. The second-order valence-corrected chi connectivity index (χ2v) is 12.8. The second-order valence-electron chi connectivity index (χ2n) is 11.0. The van der Waals surface area contributed by atoms with Crippen molar-refractivity contribution < 1.29 is 14.4 Å². The van der Waals surface area contributed by atoms with Crippen LogP contribution in [0.3, 0.4) is 0 Å². The molecule has 224 valence electrons. The fraction of sp³-hybridized carbons (Fsp3) is 0.387. The third-order valence-corrected chi connectivity index (χ3v) is 8.90. The van der Waals surface area contributed by atoms with Crippen LogP contribution in [-0.2, 0) is 16.1 Å². The maximum atomic E-state index is 13.9. The number of aryl methyl sites for hydroxylation is 3. The van der Waals surface area contributed by atoms with Crippen LogP contribution in [0.25, 0.3) is 22.0 Å². The van der Waals surface area contributed by atoms with Crippen molar-refractivity contribution in [2.75, 3.05) is 23.9 Å². The summed E-state index contributed by atoms with van der Waals surface area (Å²) in [4.78, 5) is 54.9. The number of Topliss-reactive ketones (excluding diaryl/α,β-unsaturated/α-hetero) is 1. The highest BCUT2D eigenvalue weighted by Crippen LogP contribution is 2.32. The fourth-order valence-electron chi connectivity index (χ4n) is 5.60. The van der Waals surface area contributed by atoms with Gasteiger partial charge < -0.3 is 10.2 Å². The third-order valence-electron chi connectivity index (χ3n) is 7.81. The molecule has 5 rings (SSSR count). The number of fused-ring (bicyclic) bond motifs is 1. The number of thioether (sulfide) groups is 1. The molecular weight excluding hydrogens is 630 g/mol.